The summed E-state index contributed by atoms with van der Waals surface area (Å²) < 4.78 is 10.4. The molecule has 0 spiro atoms. The van der Waals surface area contributed by atoms with Gasteiger partial charge in [0.05, 0.1) is 14.2 Å². The maximum Gasteiger partial charge on any atom is 0.255 e. The second kappa shape index (κ2) is 9.12. The predicted molar refractivity (Wildman–Crippen MR) is 113 cm³/mol. The molecule has 148 valence electrons. The van der Waals surface area contributed by atoms with Crippen LogP contribution in [0.3, 0.4) is 0 Å². The molecule has 0 atom stereocenters. The molecule has 7 heteroatoms. The molecular weight excluding hydrogens is 392 g/mol. The van der Waals surface area contributed by atoms with Gasteiger partial charge < -0.3 is 20.1 Å². The van der Waals surface area contributed by atoms with Gasteiger partial charge in [-0.3, -0.25) is 9.59 Å². The highest BCUT2D eigenvalue weighted by atomic mass is 35.5. The molecule has 0 saturated heterocycles. The van der Waals surface area contributed by atoms with Crippen LogP contribution in [0.5, 0.6) is 11.5 Å². The summed E-state index contributed by atoms with van der Waals surface area (Å²) >= 11 is 5.93. The molecule has 3 aromatic rings. The Balaban J connectivity index is 1.74. The third kappa shape index (κ3) is 5.27. The molecule has 3 aromatic carbocycles. The molecular formula is C22H19ClN2O4. The Morgan fingerprint density at radius 1 is 0.724 bits per heavy atom. The topological polar surface area (TPSA) is 76.7 Å². The van der Waals surface area contributed by atoms with Gasteiger partial charge in [0.25, 0.3) is 11.8 Å². The fourth-order valence-corrected chi connectivity index (χ4v) is 2.84. The number of ether oxygens (including phenoxy) is 2. The van der Waals surface area contributed by atoms with E-state index in [1.165, 1.54) is 14.2 Å². The first-order valence-corrected chi connectivity index (χ1v) is 9.07. The highest BCUT2D eigenvalue weighted by Gasteiger charge is 2.11. The molecule has 0 aromatic heterocycles. The van der Waals surface area contributed by atoms with Gasteiger partial charge in [-0.25, -0.2) is 0 Å². The first-order chi connectivity index (χ1) is 14.0. The fraction of sp³-hybridized carbons (Fsp3) is 0.0909. The van der Waals surface area contributed by atoms with Gasteiger partial charge in [0.2, 0.25) is 0 Å². The zero-order valence-corrected chi connectivity index (χ0v) is 16.6. The number of benzene rings is 3. The van der Waals surface area contributed by atoms with Crippen molar-refractivity contribution in [2.75, 3.05) is 24.9 Å². The van der Waals surface area contributed by atoms with Gasteiger partial charge in [-0.15, -0.1) is 0 Å². The normalized spacial score (nSPS) is 10.2. The van der Waals surface area contributed by atoms with Crippen molar-refractivity contribution in [2.45, 2.75) is 0 Å². The summed E-state index contributed by atoms with van der Waals surface area (Å²) in [4.78, 5) is 25.0. The molecule has 6 nitrogen and oxygen atoms in total. The van der Waals surface area contributed by atoms with Gasteiger partial charge in [0, 0.05) is 33.6 Å². The summed E-state index contributed by atoms with van der Waals surface area (Å²) in [6, 6.07) is 18.4. The average Bonchev–Trinajstić information content (AvgIpc) is 2.73. The predicted octanol–water partition coefficient (Wildman–Crippen LogP) is 4.86. The molecule has 29 heavy (non-hydrogen) atoms. The van der Waals surface area contributed by atoms with Crippen LogP contribution >= 0.6 is 11.6 Å². The molecule has 2 N–H and O–H groups in total. The molecule has 3 rings (SSSR count). The monoisotopic (exact) mass is 410 g/mol. The number of anilines is 2. The molecule has 0 radical (unpaired) electrons. The van der Waals surface area contributed by atoms with Crippen molar-refractivity contribution in [3.8, 4) is 11.5 Å². The number of amides is 2. The minimum absolute atomic E-state index is 0.298. The lowest BCUT2D eigenvalue weighted by Gasteiger charge is -2.11. The van der Waals surface area contributed by atoms with Crippen LogP contribution in [0, 0.1) is 0 Å². The lowest BCUT2D eigenvalue weighted by atomic mass is 10.1. The number of hydrogen-bond donors (Lipinski definition) is 2. The van der Waals surface area contributed by atoms with Crippen LogP contribution in [0.25, 0.3) is 0 Å². The number of halogens is 1. The van der Waals surface area contributed by atoms with Gasteiger partial charge in [-0.05, 0) is 48.5 Å². The second-order valence-corrected chi connectivity index (χ2v) is 6.54. The Hall–Kier alpha value is -3.51. The van der Waals surface area contributed by atoms with E-state index in [9.17, 15) is 9.59 Å². The van der Waals surface area contributed by atoms with Crippen LogP contribution in [-0.4, -0.2) is 26.0 Å². The van der Waals surface area contributed by atoms with E-state index in [1.54, 1.807) is 66.7 Å². The maximum atomic E-state index is 12.6. The number of carbonyl (C=O) groups is 2. The minimum atomic E-state index is -0.333. The van der Waals surface area contributed by atoms with E-state index >= 15 is 0 Å². The molecule has 0 saturated carbocycles. The molecule has 0 heterocycles. The van der Waals surface area contributed by atoms with E-state index < -0.39 is 0 Å². The van der Waals surface area contributed by atoms with Crippen LogP contribution in [0.4, 0.5) is 11.4 Å². The quantitative estimate of drug-likeness (QED) is 0.608. The summed E-state index contributed by atoms with van der Waals surface area (Å²) in [5, 5.41) is 6.07. The van der Waals surface area contributed by atoms with Crippen LogP contribution in [0.2, 0.25) is 5.02 Å². The van der Waals surface area contributed by atoms with E-state index in [4.69, 9.17) is 21.1 Å². The minimum Gasteiger partial charge on any atom is -0.497 e. The molecule has 0 fully saturated rings. The summed E-state index contributed by atoms with van der Waals surface area (Å²) in [6.45, 7) is 0. The molecule has 2 amide bonds. The lowest BCUT2D eigenvalue weighted by Crippen LogP contribution is -2.14. The van der Waals surface area contributed by atoms with Gasteiger partial charge in [-0.2, -0.15) is 0 Å². The zero-order valence-electron chi connectivity index (χ0n) is 15.9. The third-order valence-corrected chi connectivity index (χ3v) is 4.31. The van der Waals surface area contributed by atoms with E-state index in [-0.39, 0.29) is 11.8 Å². The first kappa shape index (κ1) is 20.2. The van der Waals surface area contributed by atoms with Gasteiger partial charge in [0.15, 0.2) is 0 Å². The zero-order chi connectivity index (χ0) is 20.8. The van der Waals surface area contributed by atoms with E-state index in [0.717, 1.165) is 0 Å². The van der Waals surface area contributed by atoms with Crippen LogP contribution in [-0.2, 0) is 0 Å². The molecule has 0 aliphatic carbocycles. The second-order valence-electron chi connectivity index (χ2n) is 6.10. The highest BCUT2D eigenvalue weighted by Crippen LogP contribution is 2.24. The SMILES string of the molecule is COc1cc(OC)cc(C(=O)Nc2cccc(NC(=O)c3cccc(Cl)c3)c2)c1. The van der Waals surface area contributed by atoms with Gasteiger partial charge >= 0.3 is 0 Å². The van der Waals surface area contributed by atoms with Gasteiger partial charge in [-0.1, -0.05) is 23.7 Å². The number of rotatable bonds is 6. The Bertz CT molecular complexity index is 1030. The van der Waals surface area contributed by atoms with Crippen molar-refractivity contribution < 1.29 is 19.1 Å². The number of carbonyl (C=O) groups excluding carboxylic acids is 2. The third-order valence-electron chi connectivity index (χ3n) is 4.08. The van der Waals surface area contributed by atoms with Crippen molar-refractivity contribution in [3.05, 3.63) is 82.9 Å². The largest absolute Gasteiger partial charge is 0.497 e. The Kier molecular flexibility index (Phi) is 6.36. The maximum absolute atomic E-state index is 12.6. The Morgan fingerprint density at radius 2 is 1.28 bits per heavy atom. The van der Waals surface area contributed by atoms with E-state index in [1.807, 2.05) is 0 Å². The van der Waals surface area contributed by atoms with E-state index in [0.29, 0.717) is 39.0 Å². The van der Waals surface area contributed by atoms with E-state index in [2.05, 4.69) is 10.6 Å². The standard InChI is InChI=1S/C22H19ClN2O4/c1-28-19-10-15(11-20(13-19)29-2)22(27)25-18-8-4-7-17(12-18)24-21(26)14-5-3-6-16(23)9-14/h3-13H,1-2H3,(H,24,26)(H,25,27). The highest BCUT2D eigenvalue weighted by molar-refractivity contribution is 6.31. The Labute approximate surface area is 173 Å². The van der Waals surface area contributed by atoms with Crippen molar-refractivity contribution in [2.24, 2.45) is 0 Å². The van der Waals surface area contributed by atoms with Crippen LogP contribution < -0.4 is 20.1 Å². The first-order valence-electron chi connectivity index (χ1n) is 8.70. The molecule has 0 aliphatic heterocycles. The summed E-state index contributed by atoms with van der Waals surface area (Å²) in [5.74, 6) is 0.392. The lowest BCUT2D eigenvalue weighted by molar-refractivity contribution is 0.101. The molecule has 0 aliphatic rings. The van der Waals surface area contributed by atoms with Crippen LogP contribution in [0.1, 0.15) is 20.7 Å². The van der Waals surface area contributed by atoms with Gasteiger partial charge in [0.1, 0.15) is 11.5 Å². The fourth-order valence-electron chi connectivity index (χ4n) is 2.65. The summed E-state index contributed by atoms with van der Waals surface area (Å²) in [6.07, 6.45) is 0. The molecule has 0 unspecified atom stereocenters. The summed E-state index contributed by atoms with van der Waals surface area (Å²) in [7, 11) is 3.03. The molecule has 0 bridgehead atoms. The summed E-state index contributed by atoms with van der Waals surface area (Å²) in [5.41, 5.74) is 1.89. The smallest absolute Gasteiger partial charge is 0.255 e. The van der Waals surface area contributed by atoms with Crippen molar-refractivity contribution in [1.29, 1.82) is 0 Å². The average molecular weight is 411 g/mol. The number of hydrogen-bond acceptors (Lipinski definition) is 4. The Morgan fingerprint density at radius 3 is 1.83 bits per heavy atom. The van der Waals surface area contributed by atoms with Crippen LogP contribution in [0.15, 0.2) is 66.7 Å². The van der Waals surface area contributed by atoms with Crippen molar-refractivity contribution in [1.82, 2.24) is 0 Å². The number of nitrogens with one attached hydrogen (secondary N) is 2. The van der Waals surface area contributed by atoms with Crippen molar-refractivity contribution in [3.63, 3.8) is 0 Å². The number of methoxy groups -OCH3 is 2. The van der Waals surface area contributed by atoms with Crippen molar-refractivity contribution >= 4 is 34.8 Å².